The average Bonchev–Trinajstić information content (AvgIpc) is 3.33. The topological polar surface area (TPSA) is 55.8 Å². The summed E-state index contributed by atoms with van der Waals surface area (Å²) in [7, 11) is -1.87. The summed E-state index contributed by atoms with van der Waals surface area (Å²) in [5, 5.41) is 11.0. The maximum absolute atomic E-state index is 13.2. The van der Waals surface area contributed by atoms with Crippen LogP contribution in [0.1, 0.15) is 85.6 Å². The molecule has 0 bridgehead atoms. The zero-order valence-corrected chi connectivity index (χ0v) is 26.1. The summed E-state index contributed by atoms with van der Waals surface area (Å²) < 4.78 is 12.8. The van der Waals surface area contributed by atoms with Gasteiger partial charge in [-0.05, 0) is 79.0 Å². The van der Waals surface area contributed by atoms with Crippen LogP contribution in [0.15, 0.2) is 42.0 Å². The lowest BCUT2D eigenvalue weighted by molar-refractivity contribution is -0.150. The molecule has 5 heteroatoms. The van der Waals surface area contributed by atoms with Gasteiger partial charge in [0.1, 0.15) is 6.10 Å². The molecule has 1 aromatic carbocycles. The van der Waals surface area contributed by atoms with Gasteiger partial charge in [0, 0.05) is 24.5 Å². The average molecular weight is 541 g/mol. The number of ether oxygens (including phenoxy) is 1. The molecule has 3 aliphatic carbocycles. The van der Waals surface area contributed by atoms with Crippen molar-refractivity contribution in [3.8, 4) is 0 Å². The molecule has 1 N–H and O–H groups in total. The maximum Gasteiger partial charge on any atom is 0.330 e. The molecule has 0 aliphatic heterocycles. The first-order chi connectivity index (χ1) is 17.7. The van der Waals surface area contributed by atoms with E-state index in [1.807, 2.05) is 0 Å². The first-order valence-electron chi connectivity index (χ1n) is 15.0. The highest BCUT2D eigenvalue weighted by atomic mass is 28.4. The Kier molecular flexibility index (Phi) is 8.72. The van der Waals surface area contributed by atoms with Gasteiger partial charge >= 0.3 is 5.97 Å². The van der Waals surface area contributed by atoms with Gasteiger partial charge in [-0.1, -0.05) is 83.9 Å². The van der Waals surface area contributed by atoms with Crippen molar-refractivity contribution < 1.29 is 19.1 Å². The Labute approximate surface area is 232 Å². The SMILES string of the molecule is CC1CCC(C(C)(C)c2ccccc2)C(OC(=O)C=C2C[C@H]3C[C@@H](O)[C@@H](CO[Si](C)(C)C(C)(C)C)[C@H]3C2)C1. The number of hydrogen-bond donors (Lipinski definition) is 1. The van der Waals surface area contributed by atoms with E-state index in [4.69, 9.17) is 9.16 Å². The fraction of sp³-hybridized carbons (Fsp3) is 0.727. The van der Waals surface area contributed by atoms with Gasteiger partial charge in [0.15, 0.2) is 8.32 Å². The van der Waals surface area contributed by atoms with Crippen LogP contribution in [-0.2, 0) is 19.4 Å². The largest absolute Gasteiger partial charge is 0.459 e. The predicted molar refractivity (Wildman–Crippen MR) is 157 cm³/mol. The molecule has 3 aliphatic rings. The van der Waals surface area contributed by atoms with Crippen molar-refractivity contribution in [3.05, 3.63) is 47.5 Å². The van der Waals surface area contributed by atoms with E-state index < -0.39 is 8.32 Å². The molecule has 3 fully saturated rings. The molecule has 38 heavy (non-hydrogen) atoms. The quantitative estimate of drug-likeness (QED) is 0.219. The number of benzene rings is 1. The van der Waals surface area contributed by atoms with Crippen molar-refractivity contribution in [2.45, 2.75) is 116 Å². The van der Waals surface area contributed by atoms with Crippen molar-refractivity contribution in [1.29, 1.82) is 0 Å². The molecule has 3 saturated carbocycles. The summed E-state index contributed by atoms with van der Waals surface area (Å²) >= 11 is 0. The number of carbonyl (C=O) groups excluding carboxylic acids is 1. The van der Waals surface area contributed by atoms with Gasteiger partial charge in [0.05, 0.1) is 6.10 Å². The van der Waals surface area contributed by atoms with Crippen molar-refractivity contribution in [3.63, 3.8) is 0 Å². The van der Waals surface area contributed by atoms with Crippen LogP contribution in [0.2, 0.25) is 18.1 Å². The molecule has 0 amide bonds. The van der Waals surface area contributed by atoms with E-state index in [1.165, 1.54) is 17.6 Å². The third-order valence-corrected chi connectivity index (χ3v) is 15.2. The zero-order chi connectivity index (χ0) is 27.9. The van der Waals surface area contributed by atoms with Gasteiger partial charge < -0.3 is 14.3 Å². The lowest BCUT2D eigenvalue weighted by Crippen LogP contribution is -2.43. The van der Waals surface area contributed by atoms with Crippen LogP contribution in [0, 0.1) is 29.6 Å². The standard InChI is InChI=1S/C33H52O4Si/c1-22-14-15-28(33(5,6)25-12-10-9-11-13-25)30(16-22)37-31(35)19-23-17-24-20-29(34)27(26(24)18-23)21-36-38(7,8)32(2,3)4/h9-13,19,22,24,26-30,34H,14-18,20-21H2,1-8H3/t22?,24-,26-,27-,28?,29+,30?/m0/s1. The van der Waals surface area contributed by atoms with Crippen LogP contribution in [0.3, 0.4) is 0 Å². The van der Waals surface area contributed by atoms with Crippen molar-refractivity contribution in [2.75, 3.05) is 6.61 Å². The summed E-state index contributed by atoms with van der Waals surface area (Å²) in [5.41, 5.74) is 2.45. The third kappa shape index (κ3) is 6.31. The fourth-order valence-electron chi connectivity index (χ4n) is 7.16. The van der Waals surface area contributed by atoms with E-state index >= 15 is 0 Å². The van der Waals surface area contributed by atoms with E-state index in [0.717, 1.165) is 32.1 Å². The molecule has 1 aromatic rings. The first kappa shape index (κ1) is 29.5. The molecule has 3 unspecified atom stereocenters. The molecule has 7 atom stereocenters. The van der Waals surface area contributed by atoms with Crippen molar-refractivity contribution in [2.24, 2.45) is 29.6 Å². The van der Waals surface area contributed by atoms with Crippen LogP contribution in [0.4, 0.5) is 0 Å². The van der Waals surface area contributed by atoms with E-state index in [2.05, 4.69) is 85.0 Å². The zero-order valence-electron chi connectivity index (χ0n) is 25.1. The summed E-state index contributed by atoms with van der Waals surface area (Å²) in [4.78, 5) is 13.2. The Hall–Kier alpha value is -1.43. The minimum Gasteiger partial charge on any atom is -0.459 e. The van der Waals surface area contributed by atoms with Gasteiger partial charge in [0.25, 0.3) is 0 Å². The Morgan fingerprint density at radius 1 is 1.05 bits per heavy atom. The highest BCUT2D eigenvalue weighted by molar-refractivity contribution is 6.74. The second-order valence-corrected chi connectivity index (χ2v) is 19.6. The van der Waals surface area contributed by atoms with Gasteiger partial charge in [-0.3, -0.25) is 0 Å². The van der Waals surface area contributed by atoms with Crippen LogP contribution in [-0.4, -0.2) is 38.2 Å². The van der Waals surface area contributed by atoms with Crippen LogP contribution in [0.25, 0.3) is 0 Å². The molecular formula is C33H52O4Si. The lowest BCUT2D eigenvalue weighted by Gasteiger charge is -2.43. The van der Waals surface area contributed by atoms with Gasteiger partial charge in [-0.2, -0.15) is 0 Å². The number of carbonyl (C=O) groups is 1. The minimum atomic E-state index is -1.87. The number of fused-ring (bicyclic) bond motifs is 1. The fourth-order valence-corrected chi connectivity index (χ4v) is 8.20. The summed E-state index contributed by atoms with van der Waals surface area (Å²) in [6, 6.07) is 10.7. The Morgan fingerprint density at radius 3 is 2.39 bits per heavy atom. The van der Waals surface area contributed by atoms with Gasteiger partial charge in [-0.25, -0.2) is 4.79 Å². The summed E-state index contributed by atoms with van der Waals surface area (Å²) in [6.07, 6.45) is 7.21. The van der Waals surface area contributed by atoms with Crippen LogP contribution in [0.5, 0.6) is 0 Å². The third-order valence-electron chi connectivity index (χ3n) is 10.7. The predicted octanol–water partition coefficient (Wildman–Crippen LogP) is 7.67. The van der Waals surface area contributed by atoms with Gasteiger partial charge in [-0.15, -0.1) is 0 Å². The highest BCUT2D eigenvalue weighted by Gasteiger charge is 2.48. The highest BCUT2D eigenvalue weighted by Crippen LogP contribution is 2.51. The number of esters is 1. The molecule has 0 radical (unpaired) electrons. The number of aliphatic hydroxyl groups is 1. The van der Waals surface area contributed by atoms with Crippen molar-refractivity contribution in [1.82, 2.24) is 0 Å². The molecule has 0 spiro atoms. The number of rotatable bonds is 7. The number of hydrogen-bond acceptors (Lipinski definition) is 4. The van der Waals surface area contributed by atoms with Crippen molar-refractivity contribution >= 4 is 14.3 Å². The van der Waals surface area contributed by atoms with E-state index in [1.54, 1.807) is 6.08 Å². The van der Waals surface area contributed by atoms with E-state index in [-0.39, 0.29) is 34.5 Å². The summed E-state index contributed by atoms with van der Waals surface area (Å²) in [6.45, 7) is 18.8. The second kappa shape index (κ2) is 11.2. The normalized spacial score (nSPS) is 33.4. The summed E-state index contributed by atoms with van der Waals surface area (Å²) in [5.74, 6) is 1.69. The molecule has 4 rings (SSSR count). The van der Waals surface area contributed by atoms with E-state index in [9.17, 15) is 9.90 Å². The number of aliphatic hydroxyl groups excluding tert-OH is 1. The molecular weight excluding hydrogens is 488 g/mol. The molecule has 0 heterocycles. The van der Waals surface area contributed by atoms with Gasteiger partial charge in [0.2, 0.25) is 0 Å². The lowest BCUT2D eigenvalue weighted by atomic mass is 9.64. The minimum absolute atomic E-state index is 0.0582. The first-order valence-corrected chi connectivity index (χ1v) is 17.9. The Bertz CT molecular complexity index is 992. The molecule has 0 aromatic heterocycles. The monoisotopic (exact) mass is 540 g/mol. The molecule has 0 saturated heterocycles. The molecule has 4 nitrogen and oxygen atoms in total. The Balaban J connectivity index is 1.41. The van der Waals surface area contributed by atoms with E-state index in [0.29, 0.717) is 30.3 Å². The maximum atomic E-state index is 13.2. The molecule has 212 valence electrons. The second-order valence-electron chi connectivity index (χ2n) is 14.8. The number of allylic oxidation sites excluding steroid dienone is 1. The smallest absolute Gasteiger partial charge is 0.330 e. The van der Waals surface area contributed by atoms with Crippen LogP contribution < -0.4 is 0 Å². The Morgan fingerprint density at radius 2 is 1.74 bits per heavy atom. The van der Waals surface area contributed by atoms with Crippen LogP contribution >= 0.6 is 0 Å².